The summed E-state index contributed by atoms with van der Waals surface area (Å²) in [6.07, 6.45) is 4.87. The van der Waals surface area contributed by atoms with E-state index in [1.807, 2.05) is 20.8 Å². The van der Waals surface area contributed by atoms with Crippen molar-refractivity contribution in [2.45, 2.75) is 59.0 Å². The lowest BCUT2D eigenvalue weighted by Crippen LogP contribution is -2.38. The van der Waals surface area contributed by atoms with Gasteiger partial charge in [-0.3, -0.25) is 0 Å². The molecule has 1 N–H and O–H groups in total. The Bertz CT molecular complexity index is 747. The number of rotatable bonds is 4. The molecule has 0 bridgehead atoms. The van der Waals surface area contributed by atoms with E-state index in [1.54, 1.807) is 11.9 Å². The van der Waals surface area contributed by atoms with Crippen molar-refractivity contribution in [3.05, 3.63) is 51.9 Å². The molecule has 1 aliphatic rings. The first kappa shape index (κ1) is 17.5. The number of hydrogen-bond donors (Lipinski definition) is 1. The summed E-state index contributed by atoms with van der Waals surface area (Å²) in [7, 11) is 1.79. The van der Waals surface area contributed by atoms with Crippen LogP contribution in [0.4, 0.5) is 4.79 Å². The fraction of sp³-hybridized carbons (Fsp3) is 0.500. The van der Waals surface area contributed by atoms with E-state index in [0.29, 0.717) is 6.54 Å². The normalized spacial score (nSPS) is 14.7. The Morgan fingerprint density at radius 1 is 1.28 bits per heavy atom. The van der Waals surface area contributed by atoms with Crippen LogP contribution in [-0.2, 0) is 19.4 Å². The third-order valence-electron chi connectivity index (χ3n) is 5.14. The van der Waals surface area contributed by atoms with Crippen LogP contribution in [0.25, 0.3) is 0 Å². The Morgan fingerprint density at radius 2 is 2.00 bits per heavy atom. The van der Waals surface area contributed by atoms with E-state index in [2.05, 4.69) is 28.7 Å². The maximum atomic E-state index is 12.5. The lowest BCUT2D eigenvalue weighted by Gasteiger charge is -2.23. The van der Waals surface area contributed by atoms with Gasteiger partial charge < -0.3 is 14.7 Å². The summed E-state index contributed by atoms with van der Waals surface area (Å²) in [5.74, 6) is 0.764. The number of amides is 2. The predicted octanol–water partition coefficient (Wildman–Crippen LogP) is 4.07. The molecule has 0 aliphatic heterocycles. The molecule has 1 aromatic carbocycles. The van der Waals surface area contributed by atoms with Gasteiger partial charge in [0.25, 0.3) is 0 Å². The second-order valence-corrected chi connectivity index (χ2v) is 7.07. The molecule has 25 heavy (non-hydrogen) atoms. The molecule has 0 unspecified atom stereocenters. The van der Waals surface area contributed by atoms with Crippen LogP contribution >= 0.6 is 0 Å². The number of aryl methyl sites for hydroxylation is 4. The largest absolute Gasteiger partial charge is 0.361 e. The molecule has 1 atom stereocenters. The minimum Gasteiger partial charge on any atom is -0.361 e. The first-order valence-electron chi connectivity index (χ1n) is 9.00. The average Bonchev–Trinajstić information content (AvgIpc) is 2.93. The Balaban J connectivity index is 1.64. The van der Waals surface area contributed by atoms with E-state index >= 15 is 0 Å². The predicted molar refractivity (Wildman–Crippen MR) is 97.5 cm³/mol. The molecule has 3 rings (SSSR count). The molecule has 0 saturated heterocycles. The highest BCUT2D eigenvalue weighted by atomic mass is 16.5. The number of carbonyl (C=O) groups excluding carboxylic acids is 1. The molecule has 134 valence electrons. The topological polar surface area (TPSA) is 58.4 Å². The van der Waals surface area contributed by atoms with E-state index in [4.69, 9.17) is 4.52 Å². The number of carbonyl (C=O) groups is 1. The molecule has 1 aliphatic carbocycles. The molecule has 2 amide bonds. The van der Waals surface area contributed by atoms with Crippen molar-refractivity contribution in [2.75, 3.05) is 7.05 Å². The van der Waals surface area contributed by atoms with Gasteiger partial charge in [0.2, 0.25) is 0 Å². The second kappa shape index (κ2) is 7.30. The number of hydrogen-bond acceptors (Lipinski definition) is 3. The summed E-state index contributed by atoms with van der Waals surface area (Å²) >= 11 is 0. The zero-order chi connectivity index (χ0) is 18.0. The Labute approximate surface area is 149 Å². The van der Waals surface area contributed by atoms with Crippen molar-refractivity contribution >= 4 is 6.03 Å². The van der Waals surface area contributed by atoms with Crippen molar-refractivity contribution < 1.29 is 9.32 Å². The van der Waals surface area contributed by atoms with Gasteiger partial charge >= 0.3 is 6.03 Å². The SMILES string of the molecule is Cc1noc(C)c1CN(C)C(=O)N[C@@H](C)c1ccc2c(c1)CCCC2. The monoisotopic (exact) mass is 341 g/mol. The molecule has 1 aromatic heterocycles. The van der Waals surface area contributed by atoms with Crippen LogP contribution in [0.3, 0.4) is 0 Å². The number of benzene rings is 1. The van der Waals surface area contributed by atoms with Gasteiger partial charge in [-0.25, -0.2) is 4.79 Å². The second-order valence-electron chi connectivity index (χ2n) is 7.07. The molecule has 1 heterocycles. The van der Waals surface area contributed by atoms with Crippen molar-refractivity contribution in [1.82, 2.24) is 15.4 Å². The summed E-state index contributed by atoms with van der Waals surface area (Å²) in [5, 5.41) is 7.03. The maximum absolute atomic E-state index is 12.5. The molecule has 2 aromatic rings. The first-order valence-corrected chi connectivity index (χ1v) is 9.00. The first-order chi connectivity index (χ1) is 12.0. The highest BCUT2D eigenvalue weighted by molar-refractivity contribution is 5.74. The Kier molecular flexibility index (Phi) is 5.11. The zero-order valence-corrected chi connectivity index (χ0v) is 15.6. The Hall–Kier alpha value is -2.30. The summed E-state index contributed by atoms with van der Waals surface area (Å²) < 4.78 is 5.17. The highest BCUT2D eigenvalue weighted by Crippen LogP contribution is 2.25. The van der Waals surface area contributed by atoms with Gasteiger partial charge in [-0.05, 0) is 63.1 Å². The summed E-state index contributed by atoms with van der Waals surface area (Å²) in [4.78, 5) is 14.2. The van der Waals surface area contributed by atoms with Crippen LogP contribution in [0.5, 0.6) is 0 Å². The van der Waals surface area contributed by atoms with Gasteiger partial charge in [-0.15, -0.1) is 0 Å². The van der Waals surface area contributed by atoms with Gasteiger partial charge in [0.05, 0.1) is 18.3 Å². The molecular formula is C20H27N3O2. The maximum Gasteiger partial charge on any atom is 0.317 e. The van der Waals surface area contributed by atoms with Crippen molar-refractivity contribution in [1.29, 1.82) is 0 Å². The van der Waals surface area contributed by atoms with Crippen LogP contribution in [0.1, 0.15) is 59.5 Å². The molecule has 0 fully saturated rings. The third kappa shape index (κ3) is 3.86. The summed E-state index contributed by atoms with van der Waals surface area (Å²) in [6, 6.07) is 6.51. The van der Waals surface area contributed by atoms with Gasteiger partial charge in [0.15, 0.2) is 0 Å². The van der Waals surface area contributed by atoms with Crippen molar-refractivity contribution in [3.8, 4) is 0 Å². The summed E-state index contributed by atoms with van der Waals surface area (Å²) in [5.41, 5.74) is 5.87. The minimum absolute atomic E-state index is 0.0214. The molecular weight excluding hydrogens is 314 g/mol. The molecule has 5 heteroatoms. The summed E-state index contributed by atoms with van der Waals surface area (Å²) in [6.45, 7) is 6.29. The highest BCUT2D eigenvalue weighted by Gasteiger charge is 2.18. The van der Waals surface area contributed by atoms with E-state index in [-0.39, 0.29) is 12.1 Å². The lowest BCUT2D eigenvalue weighted by atomic mass is 9.89. The average molecular weight is 341 g/mol. The fourth-order valence-electron chi connectivity index (χ4n) is 3.44. The van der Waals surface area contributed by atoms with Crippen LogP contribution in [0, 0.1) is 13.8 Å². The number of urea groups is 1. The van der Waals surface area contributed by atoms with Crippen LogP contribution in [-0.4, -0.2) is 23.1 Å². The van der Waals surface area contributed by atoms with Crippen LogP contribution in [0.2, 0.25) is 0 Å². The standard InChI is InChI=1S/C20H27N3O2/c1-13(17-10-9-16-7-5-6-8-18(16)11-17)21-20(24)23(4)12-19-14(2)22-25-15(19)3/h9-11,13H,5-8,12H2,1-4H3,(H,21,24)/t13-/m0/s1. The van der Waals surface area contributed by atoms with Gasteiger partial charge in [-0.2, -0.15) is 0 Å². The molecule has 5 nitrogen and oxygen atoms in total. The van der Waals surface area contributed by atoms with Gasteiger partial charge in [0.1, 0.15) is 5.76 Å². The number of aromatic nitrogens is 1. The lowest BCUT2D eigenvalue weighted by molar-refractivity contribution is 0.203. The van der Waals surface area contributed by atoms with Crippen molar-refractivity contribution in [2.24, 2.45) is 0 Å². The number of fused-ring (bicyclic) bond motifs is 1. The van der Waals surface area contributed by atoms with Crippen LogP contribution < -0.4 is 5.32 Å². The van der Waals surface area contributed by atoms with Crippen molar-refractivity contribution in [3.63, 3.8) is 0 Å². The van der Waals surface area contributed by atoms with E-state index in [0.717, 1.165) is 23.4 Å². The fourth-order valence-corrected chi connectivity index (χ4v) is 3.44. The Morgan fingerprint density at radius 3 is 2.68 bits per heavy atom. The van der Waals surface area contributed by atoms with E-state index in [1.165, 1.54) is 36.0 Å². The van der Waals surface area contributed by atoms with Gasteiger partial charge in [0, 0.05) is 12.6 Å². The van der Waals surface area contributed by atoms with E-state index < -0.39 is 0 Å². The minimum atomic E-state index is -0.0924. The number of nitrogens with one attached hydrogen (secondary N) is 1. The quantitative estimate of drug-likeness (QED) is 0.912. The molecule has 0 radical (unpaired) electrons. The molecule has 0 saturated carbocycles. The van der Waals surface area contributed by atoms with E-state index in [9.17, 15) is 4.79 Å². The zero-order valence-electron chi connectivity index (χ0n) is 15.6. The number of nitrogens with zero attached hydrogens (tertiary/aromatic N) is 2. The third-order valence-corrected chi connectivity index (χ3v) is 5.14. The van der Waals surface area contributed by atoms with Gasteiger partial charge in [-0.1, -0.05) is 23.4 Å². The van der Waals surface area contributed by atoms with Crippen LogP contribution in [0.15, 0.2) is 22.7 Å². The molecule has 0 spiro atoms. The smallest absolute Gasteiger partial charge is 0.317 e.